The van der Waals surface area contributed by atoms with Gasteiger partial charge in [0.2, 0.25) is 0 Å². The van der Waals surface area contributed by atoms with Crippen LogP contribution in [0, 0.1) is 34.5 Å². The highest BCUT2D eigenvalue weighted by Gasteiger charge is 2.59. The Labute approximate surface area is 161 Å². The number of hydrogen-bond donors (Lipinski definition) is 0. The number of esters is 3. The van der Waals surface area contributed by atoms with E-state index in [1.807, 2.05) is 13.8 Å². The lowest BCUT2D eigenvalue weighted by Crippen LogP contribution is -2.59. The van der Waals surface area contributed by atoms with Crippen LogP contribution in [-0.4, -0.2) is 23.5 Å². The fourth-order valence-electron chi connectivity index (χ4n) is 6.60. The summed E-state index contributed by atoms with van der Waals surface area (Å²) in [5, 5.41) is 0. The summed E-state index contributed by atoms with van der Waals surface area (Å²) in [5.74, 6) is 1.33. The highest BCUT2D eigenvalue weighted by Crippen LogP contribution is 2.60. The summed E-state index contributed by atoms with van der Waals surface area (Å²) in [4.78, 5) is 37.1. The van der Waals surface area contributed by atoms with Crippen molar-refractivity contribution < 1.29 is 23.9 Å². The molecule has 5 rings (SSSR count). The monoisotopic (exact) mass is 376 g/mol. The maximum Gasteiger partial charge on any atom is 0.320 e. The Bertz CT molecular complexity index is 654. The lowest BCUT2D eigenvalue weighted by molar-refractivity contribution is -0.213. The Morgan fingerprint density at radius 3 is 2.11 bits per heavy atom. The third-order valence-corrected chi connectivity index (χ3v) is 8.36. The predicted octanol–water partition coefficient (Wildman–Crippen LogP) is 4.03. The summed E-state index contributed by atoms with van der Waals surface area (Å²) < 4.78 is 11.1. The molecule has 2 atom stereocenters. The van der Waals surface area contributed by atoms with Crippen LogP contribution in [0.25, 0.3) is 0 Å². The second kappa shape index (κ2) is 6.05. The molecule has 5 nitrogen and oxygen atoms in total. The molecule has 0 N–H and O–H groups in total. The quantitative estimate of drug-likeness (QED) is 0.535. The molecule has 0 amide bonds. The number of cyclic esters (lactones) is 2. The number of hydrogen-bond acceptors (Lipinski definition) is 5. The van der Waals surface area contributed by atoms with Crippen LogP contribution in [-0.2, 0) is 23.9 Å². The first-order chi connectivity index (χ1) is 12.6. The van der Waals surface area contributed by atoms with Crippen LogP contribution in [0.1, 0.15) is 79.1 Å². The molecular weight excluding hydrogens is 344 g/mol. The van der Waals surface area contributed by atoms with E-state index in [0.717, 1.165) is 11.8 Å². The summed E-state index contributed by atoms with van der Waals surface area (Å²) in [6.07, 6.45) is 6.97. The second-order valence-electron chi connectivity index (χ2n) is 10.5. The smallest absolute Gasteiger partial charge is 0.320 e. The average Bonchev–Trinajstić information content (AvgIpc) is 2.83. The molecule has 5 aliphatic rings. The first-order valence-corrected chi connectivity index (χ1v) is 10.6. The zero-order valence-electron chi connectivity index (χ0n) is 17.0. The lowest BCUT2D eigenvalue weighted by Gasteiger charge is -2.59. The van der Waals surface area contributed by atoms with Crippen molar-refractivity contribution in [3.63, 3.8) is 0 Å². The van der Waals surface area contributed by atoms with Gasteiger partial charge in [0.1, 0.15) is 5.60 Å². The highest BCUT2D eigenvalue weighted by molar-refractivity contribution is 5.97. The number of carbonyl (C=O) groups is 3. The van der Waals surface area contributed by atoms with Gasteiger partial charge in [-0.2, -0.15) is 0 Å². The van der Waals surface area contributed by atoms with Gasteiger partial charge < -0.3 is 9.47 Å². The van der Waals surface area contributed by atoms with Crippen molar-refractivity contribution in [1.82, 2.24) is 0 Å². The van der Waals surface area contributed by atoms with Gasteiger partial charge in [0.25, 0.3) is 0 Å². The molecule has 5 heteroatoms. The minimum absolute atomic E-state index is 0.0422. The Balaban J connectivity index is 1.52. The molecule has 0 aromatic heterocycles. The normalized spacial score (nSPS) is 44.9. The van der Waals surface area contributed by atoms with Crippen molar-refractivity contribution >= 4 is 17.9 Å². The third kappa shape index (κ3) is 2.92. The molecule has 0 aromatic carbocycles. The van der Waals surface area contributed by atoms with Crippen molar-refractivity contribution in [2.75, 3.05) is 0 Å². The standard InChI is InChI=1S/C22H32O5/c1-5-20(2,12-21(3)11-17(23)26-18(21)24)19(25)27-22(4)15-7-13-6-14(9-15)10-16(22)8-13/h13-16H,5-12H2,1-4H3. The molecule has 0 spiro atoms. The van der Waals surface area contributed by atoms with E-state index in [9.17, 15) is 14.4 Å². The summed E-state index contributed by atoms with van der Waals surface area (Å²) >= 11 is 0. The highest BCUT2D eigenvalue weighted by atomic mass is 16.6. The van der Waals surface area contributed by atoms with E-state index in [1.165, 1.54) is 32.1 Å². The van der Waals surface area contributed by atoms with Crippen LogP contribution in [0.5, 0.6) is 0 Å². The molecule has 5 fully saturated rings. The van der Waals surface area contributed by atoms with Gasteiger partial charge in [-0.1, -0.05) is 6.92 Å². The van der Waals surface area contributed by atoms with Crippen LogP contribution in [0.2, 0.25) is 0 Å². The Morgan fingerprint density at radius 1 is 1.11 bits per heavy atom. The van der Waals surface area contributed by atoms with Crippen LogP contribution >= 0.6 is 0 Å². The maximum atomic E-state index is 13.4. The van der Waals surface area contributed by atoms with Crippen LogP contribution in [0.4, 0.5) is 0 Å². The van der Waals surface area contributed by atoms with Crippen molar-refractivity contribution in [3.8, 4) is 0 Å². The molecule has 27 heavy (non-hydrogen) atoms. The van der Waals surface area contributed by atoms with E-state index in [0.29, 0.717) is 18.3 Å². The summed E-state index contributed by atoms with van der Waals surface area (Å²) in [7, 11) is 0. The summed E-state index contributed by atoms with van der Waals surface area (Å²) in [6, 6.07) is 0. The molecule has 1 heterocycles. The van der Waals surface area contributed by atoms with E-state index in [1.54, 1.807) is 6.92 Å². The van der Waals surface area contributed by atoms with Crippen molar-refractivity contribution in [1.29, 1.82) is 0 Å². The van der Waals surface area contributed by atoms with Gasteiger partial charge in [-0.15, -0.1) is 0 Å². The Kier molecular flexibility index (Phi) is 4.25. The van der Waals surface area contributed by atoms with Gasteiger partial charge in [0, 0.05) is 0 Å². The summed E-state index contributed by atoms with van der Waals surface area (Å²) in [6.45, 7) is 7.69. The fourth-order valence-corrected chi connectivity index (χ4v) is 6.60. The number of ether oxygens (including phenoxy) is 2. The van der Waals surface area contributed by atoms with Gasteiger partial charge in [-0.25, -0.2) is 0 Å². The van der Waals surface area contributed by atoms with Crippen molar-refractivity contribution in [3.05, 3.63) is 0 Å². The molecule has 4 saturated carbocycles. The first-order valence-electron chi connectivity index (χ1n) is 10.6. The van der Waals surface area contributed by atoms with E-state index in [-0.39, 0.29) is 24.4 Å². The third-order valence-electron chi connectivity index (χ3n) is 8.36. The topological polar surface area (TPSA) is 69.7 Å². The van der Waals surface area contributed by atoms with Gasteiger partial charge >= 0.3 is 17.9 Å². The molecule has 0 radical (unpaired) electrons. The van der Waals surface area contributed by atoms with E-state index in [4.69, 9.17) is 9.47 Å². The van der Waals surface area contributed by atoms with Crippen molar-refractivity contribution in [2.45, 2.75) is 84.7 Å². The molecule has 4 bridgehead atoms. The molecule has 1 aliphatic heterocycles. The molecular formula is C22H32O5. The van der Waals surface area contributed by atoms with Gasteiger partial charge in [0.05, 0.1) is 17.3 Å². The lowest BCUT2D eigenvalue weighted by atomic mass is 9.50. The molecule has 2 unspecified atom stereocenters. The second-order valence-corrected chi connectivity index (χ2v) is 10.5. The van der Waals surface area contributed by atoms with Gasteiger partial charge in [0.15, 0.2) is 0 Å². The maximum absolute atomic E-state index is 13.4. The van der Waals surface area contributed by atoms with Crippen LogP contribution in [0.3, 0.4) is 0 Å². The molecule has 1 saturated heterocycles. The minimum Gasteiger partial charge on any atom is -0.458 e. The number of rotatable bonds is 5. The van der Waals surface area contributed by atoms with Gasteiger partial charge in [-0.05, 0) is 89.4 Å². The van der Waals surface area contributed by atoms with E-state index < -0.39 is 22.8 Å². The largest absolute Gasteiger partial charge is 0.458 e. The van der Waals surface area contributed by atoms with Crippen LogP contribution < -0.4 is 0 Å². The molecule has 4 aliphatic carbocycles. The Hall–Kier alpha value is -1.39. The Morgan fingerprint density at radius 2 is 1.67 bits per heavy atom. The van der Waals surface area contributed by atoms with E-state index >= 15 is 0 Å². The SMILES string of the molecule is CCC(C)(CC1(C)CC(=O)OC1=O)C(=O)OC1(C)C2CC3CC(C2)CC1C3. The molecule has 0 aromatic rings. The fraction of sp³-hybridized carbons (Fsp3) is 0.864. The minimum atomic E-state index is -0.939. The van der Waals surface area contributed by atoms with Gasteiger partial charge in [-0.3, -0.25) is 14.4 Å². The first kappa shape index (κ1) is 18.9. The number of carbonyl (C=O) groups excluding carboxylic acids is 3. The average molecular weight is 376 g/mol. The van der Waals surface area contributed by atoms with Crippen molar-refractivity contribution in [2.24, 2.45) is 34.5 Å². The van der Waals surface area contributed by atoms with E-state index in [2.05, 4.69) is 6.92 Å². The summed E-state index contributed by atoms with van der Waals surface area (Å²) in [5.41, 5.74) is -2.12. The zero-order valence-corrected chi connectivity index (χ0v) is 17.0. The zero-order chi connectivity index (χ0) is 19.6. The predicted molar refractivity (Wildman–Crippen MR) is 98.4 cm³/mol. The van der Waals surface area contributed by atoms with Crippen LogP contribution in [0.15, 0.2) is 0 Å². The molecule has 150 valence electrons.